The predicted octanol–water partition coefficient (Wildman–Crippen LogP) is 3.69. The molecule has 1 N–H and O–H groups in total. The van der Waals surface area contributed by atoms with Gasteiger partial charge in [0.25, 0.3) is 5.91 Å². The van der Waals surface area contributed by atoms with E-state index < -0.39 is 5.76 Å². The van der Waals surface area contributed by atoms with E-state index in [1.54, 1.807) is 31.3 Å². The molecule has 0 aliphatic rings. The zero-order valence-electron chi connectivity index (χ0n) is 11.4. The molecule has 1 aromatic heterocycles. The molecule has 0 aliphatic carbocycles. The van der Waals surface area contributed by atoms with Crippen molar-refractivity contribution in [2.24, 2.45) is 7.05 Å². The standard InChI is InChI=1S/C15H10Cl2N2O3/c1-19-12-5-2-8(6-13(12)22-15(19)21)14(20)18-11-4-3-9(16)7-10(11)17/h2-7H,1H3,(H,18,20). The molecule has 0 saturated heterocycles. The number of amides is 1. The van der Waals surface area contributed by atoms with E-state index in [2.05, 4.69) is 5.32 Å². The first-order valence-corrected chi connectivity index (χ1v) is 7.07. The predicted molar refractivity (Wildman–Crippen MR) is 85.9 cm³/mol. The van der Waals surface area contributed by atoms with Crippen molar-refractivity contribution < 1.29 is 9.21 Å². The first kappa shape index (κ1) is 14.7. The van der Waals surface area contributed by atoms with Crippen LogP contribution in [-0.4, -0.2) is 10.5 Å². The Bertz CT molecular complexity index is 944. The fourth-order valence-corrected chi connectivity index (χ4v) is 2.52. The second-order valence-corrected chi connectivity index (χ2v) is 5.53. The smallest absolute Gasteiger partial charge is 0.408 e. The molecule has 7 heteroatoms. The Kier molecular flexibility index (Phi) is 3.68. The molecule has 0 radical (unpaired) electrons. The van der Waals surface area contributed by atoms with Crippen molar-refractivity contribution in [3.8, 4) is 0 Å². The minimum atomic E-state index is -0.478. The molecule has 3 aromatic rings. The third-order valence-electron chi connectivity index (χ3n) is 3.23. The molecule has 0 atom stereocenters. The largest absolute Gasteiger partial charge is 0.419 e. The molecular weight excluding hydrogens is 327 g/mol. The van der Waals surface area contributed by atoms with Crippen LogP contribution in [0, 0.1) is 0 Å². The average molecular weight is 337 g/mol. The molecular formula is C15H10Cl2N2O3. The Balaban J connectivity index is 1.93. The Morgan fingerprint density at radius 3 is 2.68 bits per heavy atom. The molecule has 0 bridgehead atoms. The summed E-state index contributed by atoms with van der Waals surface area (Å²) in [7, 11) is 1.60. The molecule has 3 rings (SSSR count). The highest BCUT2D eigenvalue weighted by Gasteiger charge is 2.12. The SMILES string of the molecule is Cn1c(=O)oc2cc(C(=O)Nc3ccc(Cl)cc3Cl)ccc21. The van der Waals surface area contributed by atoms with Crippen LogP contribution in [0.1, 0.15) is 10.4 Å². The lowest BCUT2D eigenvalue weighted by molar-refractivity contribution is 0.102. The van der Waals surface area contributed by atoms with E-state index in [0.29, 0.717) is 32.4 Å². The fourth-order valence-electron chi connectivity index (χ4n) is 2.06. The number of rotatable bonds is 2. The summed E-state index contributed by atoms with van der Waals surface area (Å²) in [5, 5.41) is 3.51. The zero-order valence-corrected chi connectivity index (χ0v) is 12.9. The number of aryl methyl sites for hydroxylation is 1. The van der Waals surface area contributed by atoms with Crippen LogP contribution in [0.3, 0.4) is 0 Å². The van der Waals surface area contributed by atoms with Crippen molar-refractivity contribution in [2.45, 2.75) is 0 Å². The summed E-state index contributed by atoms with van der Waals surface area (Å²) < 4.78 is 6.43. The van der Waals surface area contributed by atoms with E-state index in [-0.39, 0.29) is 5.91 Å². The van der Waals surface area contributed by atoms with Crippen molar-refractivity contribution in [3.63, 3.8) is 0 Å². The van der Waals surface area contributed by atoms with Crippen LogP contribution in [-0.2, 0) is 7.05 Å². The van der Waals surface area contributed by atoms with Crippen LogP contribution < -0.4 is 11.1 Å². The van der Waals surface area contributed by atoms with Crippen molar-refractivity contribution >= 4 is 45.9 Å². The minimum absolute atomic E-state index is 0.341. The van der Waals surface area contributed by atoms with E-state index in [9.17, 15) is 9.59 Å². The molecule has 1 amide bonds. The molecule has 0 fully saturated rings. The Hall–Kier alpha value is -2.24. The molecule has 112 valence electrons. The summed E-state index contributed by atoms with van der Waals surface area (Å²) in [6.07, 6.45) is 0. The van der Waals surface area contributed by atoms with Crippen molar-refractivity contribution in [3.05, 3.63) is 62.6 Å². The average Bonchev–Trinajstić information content (AvgIpc) is 2.76. The van der Waals surface area contributed by atoms with Gasteiger partial charge in [-0.2, -0.15) is 0 Å². The highest BCUT2D eigenvalue weighted by molar-refractivity contribution is 6.36. The number of hydrogen-bond donors (Lipinski definition) is 1. The van der Waals surface area contributed by atoms with E-state index >= 15 is 0 Å². The molecule has 5 nitrogen and oxygen atoms in total. The summed E-state index contributed by atoms with van der Waals surface area (Å²) in [4.78, 5) is 23.7. The molecule has 0 unspecified atom stereocenters. The van der Waals surface area contributed by atoms with Crippen molar-refractivity contribution in [1.82, 2.24) is 4.57 Å². The summed E-state index contributed by atoms with van der Waals surface area (Å²) >= 11 is 11.8. The molecule has 1 heterocycles. The number of nitrogens with zero attached hydrogens (tertiary/aromatic N) is 1. The molecule has 2 aromatic carbocycles. The fraction of sp³-hybridized carbons (Fsp3) is 0.0667. The number of anilines is 1. The van der Waals surface area contributed by atoms with Gasteiger partial charge in [0.1, 0.15) is 0 Å². The number of carbonyl (C=O) groups is 1. The lowest BCUT2D eigenvalue weighted by Crippen LogP contribution is -2.12. The number of hydrogen-bond acceptors (Lipinski definition) is 3. The number of oxazole rings is 1. The van der Waals surface area contributed by atoms with Crippen LogP contribution in [0.5, 0.6) is 0 Å². The van der Waals surface area contributed by atoms with Crippen LogP contribution in [0.25, 0.3) is 11.1 Å². The van der Waals surface area contributed by atoms with Crippen LogP contribution in [0.4, 0.5) is 5.69 Å². The van der Waals surface area contributed by atoms with Gasteiger partial charge < -0.3 is 9.73 Å². The van der Waals surface area contributed by atoms with Gasteiger partial charge in [0.05, 0.1) is 16.2 Å². The number of benzene rings is 2. The first-order chi connectivity index (χ1) is 10.5. The lowest BCUT2D eigenvalue weighted by Gasteiger charge is -2.07. The highest BCUT2D eigenvalue weighted by atomic mass is 35.5. The summed E-state index contributed by atoms with van der Waals surface area (Å²) in [5.41, 5.74) is 1.77. The van der Waals surface area contributed by atoms with Gasteiger partial charge in [-0.25, -0.2) is 4.79 Å². The van der Waals surface area contributed by atoms with Gasteiger partial charge in [0.2, 0.25) is 0 Å². The zero-order chi connectivity index (χ0) is 15.9. The van der Waals surface area contributed by atoms with Crippen LogP contribution >= 0.6 is 23.2 Å². The summed E-state index contributed by atoms with van der Waals surface area (Å²) in [6, 6.07) is 9.55. The van der Waals surface area contributed by atoms with Crippen LogP contribution in [0.2, 0.25) is 10.0 Å². The normalized spacial score (nSPS) is 10.9. The molecule has 0 aliphatic heterocycles. The van der Waals surface area contributed by atoms with Gasteiger partial charge in [-0.15, -0.1) is 0 Å². The maximum atomic E-state index is 12.3. The number of carbonyl (C=O) groups excluding carboxylic acids is 1. The topological polar surface area (TPSA) is 64.2 Å². The van der Waals surface area contributed by atoms with E-state index in [1.807, 2.05) is 0 Å². The number of nitrogens with one attached hydrogen (secondary N) is 1. The molecule has 22 heavy (non-hydrogen) atoms. The second-order valence-electron chi connectivity index (χ2n) is 4.69. The molecule has 0 spiro atoms. The summed E-state index contributed by atoms with van der Waals surface area (Å²) in [6.45, 7) is 0. The Morgan fingerprint density at radius 1 is 1.18 bits per heavy atom. The van der Waals surface area contributed by atoms with Gasteiger partial charge in [0.15, 0.2) is 5.58 Å². The highest BCUT2D eigenvalue weighted by Crippen LogP contribution is 2.26. The number of fused-ring (bicyclic) bond motifs is 1. The van der Waals surface area contributed by atoms with Crippen molar-refractivity contribution in [2.75, 3.05) is 5.32 Å². The third-order valence-corrected chi connectivity index (χ3v) is 3.78. The van der Waals surface area contributed by atoms with E-state index in [1.165, 1.54) is 16.7 Å². The lowest BCUT2D eigenvalue weighted by atomic mass is 10.2. The second kappa shape index (κ2) is 5.51. The van der Waals surface area contributed by atoms with Gasteiger partial charge in [-0.1, -0.05) is 23.2 Å². The maximum Gasteiger partial charge on any atom is 0.419 e. The van der Waals surface area contributed by atoms with Crippen molar-refractivity contribution in [1.29, 1.82) is 0 Å². The third kappa shape index (κ3) is 2.61. The number of aromatic nitrogens is 1. The van der Waals surface area contributed by atoms with Gasteiger partial charge in [-0.3, -0.25) is 9.36 Å². The minimum Gasteiger partial charge on any atom is -0.408 e. The Morgan fingerprint density at radius 2 is 1.95 bits per heavy atom. The van der Waals surface area contributed by atoms with Crippen LogP contribution in [0.15, 0.2) is 45.6 Å². The van der Waals surface area contributed by atoms with Gasteiger partial charge in [-0.05, 0) is 36.4 Å². The number of halogens is 2. The van der Waals surface area contributed by atoms with Gasteiger partial charge in [0, 0.05) is 17.6 Å². The summed E-state index contributed by atoms with van der Waals surface area (Å²) in [5.74, 6) is -0.842. The quantitative estimate of drug-likeness (QED) is 0.776. The maximum absolute atomic E-state index is 12.3. The van der Waals surface area contributed by atoms with E-state index in [0.717, 1.165) is 0 Å². The van der Waals surface area contributed by atoms with E-state index in [4.69, 9.17) is 27.6 Å². The Labute approximate surface area is 135 Å². The first-order valence-electron chi connectivity index (χ1n) is 6.31. The van der Waals surface area contributed by atoms with Gasteiger partial charge >= 0.3 is 5.76 Å². The molecule has 0 saturated carbocycles. The monoisotopic (exact) mass is 336 g/mol.